The number of carboxylic acids is 1. The third kappa shape index (κ3) is 7.55. The van der Waals surface area contributed by atoms with Crippen molar-refractivity contribution in [3.8, 4) is 0 Å². The third-order valence-corrected chi connectivity index (χ3v) is 9.37. The average Bonchev–Trinajstić information content (AvgIpc) is 3.18. The van der Waals surface area contributed by atoms with Crippen LogP contribution in [-0.2, 0) is 40.8 Å². The fourth-order valence-electron chi connectivity index (χ4n) is 3.32. The van der Waals surface area contributed by atoms with E-state index in [2.05, 4.69) is 20.8 Å². The van der Waals surface area contributed by atoms with Gasteiger partial charge in [-0.1, -0.05) is 11.8 Å². The summed E-state index contributed by atoms with van der Waals surface area (Å²) in [6.07, 6.45) is -5.04. The smallest absolute Gasteiger partial charge is 0.402 e. The van der Waals surface area contributed by atoms with Crippen molar-refractivity contribution in [2.45, 2.75) is 29.3 Å². The maximum Gasteiger partial charge on any atom is 0.402 e. The quantitative estimate of drug-likeness (QED) is 0.179. The zero-order valence-corrected chi connectivity index (χ0v) is 21.5. The van der Waals surface area contributed by atoms with Gasteiger partial charge in [-0.15, -0.1) is 16.9 Å². The number of thioether (sulfide) groups is 2. The molecule has 2 aliphatic heterocycles. The lowest BCUT2D eigenvalue weighted by atomic mass is 10.0. The van der Waals surface area contributed by atoms with E-state index in [1.54, 1.807) is 0 Å². The van der Waals surface area contributed by atoms with Crippen molar-refractivity contribution >= 4 is 61.2 Å². The van der Waals surface area contributed by atoms with Crippen molar-refractivity contribution in [2.24, 2.45) is 5.14 Å². The molecule has 0 aliphatic carbocycles. The van der Waals surface area contributed by atoms with Crippen LogP contribution in [0.2, 0.25) is 0 Å². The minimum Gasteiger partial charge on any atom is -0.477 e. The molecule has 0 saturated carbocycles. The zero-order valence-electron chi connectivity index (χ0n) is 18.3. The molecule has 1 aromatic heterocycles. The Labute approximate surface area is 215 Å². The number of carbonyl (C=O) groups excluding carboxylic acids is 2. The molecule has 0 bridgehead atoms. The molecule has 206 valence electrons. The number of hydrogen-bond acceptors (Lipinski definition) is 12. The van der Waals surface area contributed by atoms with Crippen LogP contribution in [0.1, 0.15) is 0 Å². The zero-order chi connectivity index (χ0) is 27.8. The van der Waals surface area contributed by atoms with Gasteiger partial charge in [-0.3, -0.25) is 14.5 Å². The van der Waals surface area contributed by atoms with Gasteiger partial charge >= 0.3 is 12.1 Å². The van der Waals surface area contributed by atoms with Crippen LogP contribution in [-0.4, -0.2) is 111 Å². The van der Waals surface area contributed by atoms with Crippen LogP contribution in [0, 0.1) is 0 Å². The Morgan fingerprint density at radius 2 is 1.95 bits per heavy atom. The maximum atomic E-state index is 12.6. The number of carbonyl (C=O) groups is 3. The van der Waals surface area contributed by atoms with Gasteiger partial charge in [0.2, 0.25) is 21.1 Å². The standard InChI is InChI=1S/C15H18F3N7O8S4/c16-15(17,18)6-36(30,31)5-8(26)20-9-11(27)25-10(13(28)29)7(3-34-12(9)25)4-35-14-21-22-23-24(14)1-2-37(19,32)33/h9,12H,1-6H2,(H,20,26)(H,28,29)(H2,19,32,33). The van der Waals surface area contributed by atoms with Crippen molar-refractivity contribution < 1.29 is 49.5 Å². The number of aromatic nitrogens is 4. The van der Waals surface area contributed by atoms with Crippen molar-refractivity contribution in [1.29, 1.82) is 0 Å². The van der Waals surface area contributed by atoms with E-state index in [-0.39, 0.29) is 34.5 Å². The number of carboxylic acid groups (broad SMARTS) is 1. The van der Waals surface area contributed by atoms with Crippen LogP contribution < -0.4 is 10.5 Å². The second-order valence-corrected chi connectivity index (χ2v) is 13.5. The van der Waals surface area contributed by atoms with Gasteiger partial charge in [0.1, 0.15) is 28.6 Å². The second kappa shape index (κ2) is 10.7. The van der Waals surface area contributed by atoms with Crippen molar-refractivity contribution in [3.63, 3.8) is 0 Å². The molecule has 22 heteroatoms. The third-order valence-electron chi connectivity index (χ3n) is 4.76. The van der Waals surface area contributed by atoms with Crippen molar-refractivity contribution in [1.82, 2.24) is 30.4 Å². The highest BCUT2D eigenvalue weighted by molar-refractivity contribution is 8.01. The summed E-state index contributed by atoms with van der Waals surface area (Å²) in [5, 5.41) is 26.8. The van der Waals surface area contributed by atoms with Crippen LogP contribution in [0.5, 0.6) is 0 Å². The summed E-state index contributed by atoms with van der Waals surface area (Å²) >= 11 is 2.02. The minimum absolute atomic E-state index is 0.00636. The van der Waals surface area contributed by atoms with E-state index in [1.165, 1.54) is 0 Å². The lowest BCUT2D eigenvalue weighted by Gasteiger charge is -2.49. The van der Waals surface area contributed by atoms with Crippen LogP contribution in [0.25, 0.3) is 0 Å². The molecule has 0 radical (unpaired) electrons. The van der Waals surface area contributed by atoms with E-state index in [0.717, 1.165) is 33.1 Å². The highest BCUT2D eigenvalue weighted by Crippen LogP contribution is 2.41. The molecule has 2 unspecified atom stereocenters. The number of alkyl halides is 3. The lowest BCUT2D eigenvalue weighted by molar-refractivity contribution is -0.150. The first-order valence-corrected chi connectivity index (χ1v) is 15.4. The summed E-state index contributed by atoms with van der Waals surface area (Å²) in [7, 11) is -8.62. The number of rotatable bonds is 11. The molecule has 2 aliphatic rings. The Balaban J connectivity index is 1.67. The monoisotopic (exact) mass is 609 g/mol. The number of aryl methyl sites for hydroxylation is 1. The number of nitrogens with two attached hydrogens (primary N) is 1. The van der Waals surface area contributed by atoms with Crippen molar-refractivity contribution in [2.75, 3.05) is 28.8 Å². The molecule has 2 atom stereocenters. The number of β-lactam (4-membered cyclic amide) rings is 1. The summed E-state index contributed by atoms with van der Waals surface area (Å²) in [6, 6.07) is -1.33. The topological polar surface area (TPSA) is 225 Å². The number of sulfone groups is 1. The van der Waals surface area contributed by atoms with Crippen LogP contribution >= 0.6 is 23.5 Å². The molecule has 1 fully saturated rings. The van der Waals surface area contributed by atoms with Crippen LogP contribution in [0.3, 0.4) is 0 Å². The van der Waals surface area contributed by atoms with E-state index in [1.807, 2.05) is 0 Å². The van der Waals surface area contributed by atoms with Gasteiger partial charge < -0.3 is 10.4 Å². The van der Waals surface area contributed by atoms with Gasteiger partial charge in [0.25, 0.3) is 5.91 Å². The average molecular weight is 610 g/mol. The molecule has 4 N–H and O–H groups in total. The van der Waals surface area contributed by atoms with E-state index in [9.17, 15) is 49.5 Å². The largest absolute Gasteiger partial charge is 0.477 e. The number of fused-ring (bicyclic) bond motifs is 1. The molecule has 3 heterocycles. The number of aliphatic carboxylic acids is 1. The summed E-state index contributed by atoms with van der Waals surface area (Å²) in [5.41, 5.74) is -0.0920. The lowest BCUT2D eigenvalue weighted by Crippen LogP contribution is -2.71. The molecule has 2 amide bonds. The van der Waals surface area contributed by atoms with Gasteiger partial charge in [-0.05, 0) is 16.0 Å². The van der Waals surface area contributed by atoms with Gasteiger partial charge in [0.15, 0.2) is 9.84 Å². The van der Waals surface area contributed by atoms with Gasteiger partial charge in [-0.2, -0.15) is 13.2 Å². The maximum absolute atomic E-state index is 12.6. The normalized spacial score (nSPS) is 20.4. The molecule has 3 rings (SSSR count). The first-order chi connectivity index (χ1) is 17.0. The number of sulfonamides is 1. The first-order valence-electron chi connectivity index (χ1n) is 9.83. The molecular formula is C15H18F3N7O8S4. The van der Waals surface area contributed by atoms with E-state index in [4.69, 9.17) is 5.14 Å². The number of nitrogens with zero attached hydrogens (tertiary/aromatic N) is 5. The number of halogens is 3. The van der Waals surface area contributed by atoms with Gasteiger partial charge in [-0.25, -0.2) is 31.5 Å². The molecule has 0 aromatic carbocycles. The predicted molar refractivity (Wildman–Crippen MR) is 121 cm³/mol. The van der Waals surface area contributed by atoms with Gasteiger partial charge in [0, 0.05) is 11.5 Å². The Kier molecular flexibility index (Phi) is 8.46. The Morgan fingerprint density at radius 3 is 2.54 bits per heavy atom. The van der Waals surface area contributed by atoms with Gasteiger partial charge in [0.05, 0.1) is 12.3 Å². The molecule has 37 heavy (non-hydrogen) atoms. The Morgan fingerprint density at radius 1 is 1.27 bits per heavy atom. The fraction of sp³-hybridized carbons (Fsp3) is 0.600. The van der Waals surface area contributed by atoms with E-state index >= 15 is 0 Å². The number of tetrazole rings is 1. The number of hydrogen-bond donors (Lipinski definition) is 3. The SMILES string of the molecule is NS(=O)(=O)CCn1nnnc1SCC1=C(C(=O)O)N2C(=O)C(NC(=O)CS(=O)(=O)CC(F)(F)F)C2SC1. The van der Waals surface area contributed by atoms with E-state index in [0.29, 0.717) is 0 Å². The molecular weight excluding hydrogens is 591 g/mol. The number of amides is 2. The van der Waals surface area contributed by atoms with Crippen LogP contribution in [0.4, 0.5) is 13.2 Å². The van der Waals surface area contributed by atoms with Crippen molar-refractivity contribution in [3.05, 3.63) is 11.3 Å². The summed E-state index contributed by atoms with van der Waals surface area (Å²) in [5.74, 6) is -7.73. The number of nitrogens with one attached hydrogen (secondary N) is 1. The Bertz CT molecular complexity index is 1350. The molecule has 1 saturated heterocycles. The second-order valence-electron chi connectivity index (χ2n) is 7.70. The highest BCUT2D eigenvalue weighted by atomic mass is 32.2. The number of primary sulfonamides is 1. The molecule has 1 aromatic rings. The van der Waals surface area contributed by atoms with E-state index < -0.39 is 72.5 Å². The summed E-state index contributed by atoms with van der Waals surface area (Å²) in [6.45, 7) is -0.152. The first kappa shape index (κ1) is 29.1. The fourth-order valence-corrected chi connectivity index (χ4v) is 7.21. The predicted octanol–water partition coefficient (Wildman–Crippen LogP) is -2.23. The van der Waals surface area contributed by atoms with Crippen LogP contribution in [0.15, 0.2) is 16.4 Å². The minimum atomic E-state index is -5.04. The summed E-state index contributed by atoms with van der Waals surface area (Å²) < 4.78 is 83.7. The Hall–Kier alpha value is -2.43. The molecule has 15 nitrogen and oxygen atoms in total. The highest BCUT2D eigenvalue weighted by Gasteiger charge is 2.54. The molecule has 0 spiro atoms. The summed E-state index contributed by atoms with van der Waals surface area (Å²) in [4.78, 5) is 37.4.